The van der Waals surface area contributed by atoms with Crippen molar-refractivity contribution in [3.8, 4) is 11.1 Å². The molecule has 0 saturated carbocycles. The number of hydrogen-bond donors (Lipinski definition) is 2. The first-order valence-corrected chi connectivity index (χ1v) is 8.47. The Morgan fingerprint density at radius 1 is 1.04 bits per heavy atom. The zero-order valence-corrected chi connectivity index (χ0v) is 14.3. The van der Waals surface area contributed by atoms with Gasteiger partial charge in [-0.15, -0.1) is 0 Å². The average Bonchev–Trinajstić information content (AvgIpc) is 3.06. The first kappa shape index (κ1) is 15.8. The molecule has 4 nitrogen and oxygen atoms in total. The van der Waals surface area contributed by atoms with Gasteiger partial charge in [0.15, 0.2) is 0 Å². The second-order valence-corrected chi connectivity index (χ2v) is 6.37. The van der Waals surface area contributed by atoms with Gasteiger partial charge < -0.3 is 10.7 Å². The van der Waals surface area contributed by atoms with Crippen LogP contribution >= 0.6 is 11.6 Å². The molecule has 0 unspecified atom stereocenters. The molecule has 4 aromatic rings. The lowest BCUT2D eigenvalue weighted by atomic mass is 9.96. The zero-order chi connectivity index (χ0) is 17.2. The van der Waals surface area contributed by atoms with Crippen LogP contribution in [-0.4, -0.2) is 15.0 Å². The Morgan fingerprint density at radius 2 is 1.88 bits per heavy atom. The maximum atomic E-state index is 6.03. The average molecular weight is 349 g/mol. The molecule has 0 bridgehead atoms. The summed E-state index contributed by atoms with van der Waals surface area (Å²) >= 11 is 6.03. The summed E-state index contributed by atoms with van der Waals surface area (Å²) in [4.78, 5) is 12.1. The summed E-state index contributed by atoms with van der Waals surface area (Å²) in [6.07, 6.45) is 6.49. The monoisotopic (exact) mass is 348 g/mol. The van der Waals surface area contributed by atoms with Crippen LogP contribution in [0.25, 0.3) is 22.2 Å². The Bertz CT molecular complexity index is 1020. The zero-order valence-electron chi connectivity index (χ0n) is 13.5. The molecule has 5 heteroatoms. The molecule has 0 atom stereocenters. The van der Waals surface area contributed by atoms with Gasteiger partial charge in [-0.05, 0) is 52.6 Å². The second-order valence-electron chi connectivity index (χ2n) is 5.93. The van der Waals surface area contributed by atoms with E-state index in [9.17, 15) is 0 Å². The number of aromatic amines is 1. The smallest absolute Gasteiger partial charge is 0.137 e. The minimum Gasteiger partial charge on any atom is -0.346 e. The highest BCUT2D eigenvalue weighted by molar-refractivity contribution is 6.30. The van der Waals surface area contributed by atoms with Crippen LogP contribution < -0.4 is 5.73 Å². The molecule has 0 aliphatic carbocycles. The minimum atomic E-state index is 0.415. The molecule has 124 valence electrons. The molecule has 0 aliphatic rings. The topological polar surface area (TPSA) is 67.6 Å². The molecule has 1 aromatic carbocycles. The van der Waals surface area contributed by atoms with Crippen molar-refractivity contribution in [1.82, 2.24) is 15.0 Å². The number of nitrogens with zero attached hydrogens (tertiary/aromatic N) is 2. The van der Waals surface area contributed by atoms with E-state index in [0.717, 1.165) is 44.9 Å². The summed E-state index contributed by atoms with van der Waals surface area (Å²) in [6.45, 7) is 0.415. The van der Waals surface area contributed by atoms with E-state index in [-0.39, 0.29) is 0 Å². The third kappa shape index (κ3) is 3.14. The van der Waals surface area contributed by atoms with Crippen LogP contribution in [0, 0.1) is 0 Å². The van der Waals surface area contributed by atoms with Crippen molar-refractivity contribution in [1.29, 1.82) is 0 Å². The maximum Gasteiger partial charge on any atom is 0.137 e. The Hall–Kier alpha value is -2.69. The lowest BCUT2D eigenvalue weighted by molar-refractivity contribution is 0.979. The minimum absolute atomic E-state index is 0.415. The SMILES string of the molecule is NCc1cc(-c2ccc(Cl)cc2)c(Cc2c[nH]c3ncccc23)cn1. The number of aromatic nitrogens is 3. The van der Waals surface area contributed by atoms with Gasteiger partial charge in [0, 0.05) is 42.0 Å². The molecule has 0 fully saturated rings. The van der Waals surface area contributed by atoms with Crippen LogP contribution in [0.4, 0.5) is 0 Å². The van der Waals surface area contributed by atoms with Gasteiger partial charge in [-0.1, -0.05) is 23.7 Å². The molecule has 3 heterocycles. The van der Waals surface area contributed by atoms with Crippen LogP contribution in [0.5, 0.6) is 0 Å². The van der Waals surface area contributed by atoms with E-state index < -0.39 is 0 Å². The molecule has 0 amide bonds. The van der Waals surface area contributed by atoms with Crippen molar-refractivity contribution in [2.45, 2.75) is 13.0 Å². The van der Waals surface area contributed by atoms with Gasteiger partial charge in [-0.25, -0.2) is 4.98 Å². The van der Waals surface area contributed by atoms with Crippen molar-refractivity contribution in [3.63, 3.8) is 0 Å². The Balaban J connectivity index is 1.80. The Labute approximate surface area is 150 Å². The van der Waals surface area contributed by atoms with Crippen LogP contribution in [0.15, 0.2) is 61.1 Å². The number of halogens is 1. The van der Waals surface area contributed by atoms with Crippen LogP contribution in [-0.2, 0) is 13.0 Å². The fourth-order valence-corrected chi connectivity index (χ4v) is 3.17. The highest BCUT2D eigenvalue weighted by Gasteiger charge is 2.11. The number of pyridine rings is 2. The number of fused-ring (bicyclic) bond motifs is 1. The summed E-state index contributed by atoms with van der Waals surface area (Å²) in [7, 11) is 0. The van der Waals surface area contributed by atoms with Gasteiger partial charge >= 0.3 is 0 Å². The second kappa shape index (κ2) is 6.67. The predicted octanol–water partition coefficient (Wildman–Crippen LogP) is 4.33. The van der Waals surface area contributed by atoms with Crippen molar-refractivity contribution in [2.24, 2.45) is 5.73 Å². The molecule has 0 spiro atoms. The number of rotatable bonds is 4. The fraction of sp³-hybridized carbons (Fsp3) is 0.100. The molecule has 0 aliphatic heterocycles. The molecule has 25 heavy (non-hydrogen) atoms. The van der Waals surface area contributed by atoms with E-state index in [1.54, 1.807) is 6.20 Å². The molecule has 0 radical (unpaired) electrons. The number of H-pyrrole nitrogens is 1. The van der Waals surface area contributed by atoms with Crippen LogP contribution in [0.2, 0.25) is 5.02 Å². The number of nitrogens with two attached hydrogens (primary N) is 1. The number of benzene rings is 1. The summed E-state index contributed by atoms with van der Waals surface area (Å²) in [5.41, 5.74) is 12.1. The van der Waals surface area contributed by atoms with E-state index in [1.807, 2.05) is 42.7 Å². The highest BCUT2D eigenvalue weighted by atomic mass is 35.5. The third-order valence-corrected chi connectivity index (χ3v) is 4.58. The van der Waals surface area contributed by atoms with Crippen molar-refractivity contribution < 1.29 is 0 Å². The molecule has 0 saturated heterocycles. The van der Waals surface area contributed by atoms with Crippen LogP contribution in [0.1, 0.15) is 16.8 Å². The van der Waals surface area contributed by atoms with E-state index in [4.69, 9.17) is 17.3 Å². The summed E-state index contributed by atoms with van der Waals surface area (Å²) in [6, 6.07) is 14.0. The van der Waals surface area contributed by atoms with Crippen molar-refractivity contribution >= 4 is 22.6 Å². The molecule has 4 rings (SSSR count). The van der Waals surface area contributed by atoms with Crippen LogP contribution in [0.3, 0.4) is 0 Å². The Morgan fingerprint density at radius 3 is 2.68 bits per heavy atom. The highest BCUT2D eigenvalue weighted by Crippen LogP contribution is 2.29. The molecular formula is C20H17ClN4. The Kier molecular flexibility index (Phi) is 4.22. The third-order valence-electron chi connectivity index (χ3n) is 4.33. The van der Waals surface area contributed by atoms with E-state index in [2.05, 4.69) is 27.1 Å². The predicted molar refractivity (Wildman–Crippen MR) is 101 cm³/mol. The van der Waals surface area contributed by atoms with Gasteiger partial charge in [0.1, 0.15) is 5.65 Å². The standard InChI is InChI=1S/C20H17ClN4/c21-16-5-3-13(4-6-16)19-9-17(10-22)24-11-15(19)8-14-12-25-20-18(14)2-1-7-23-20/h1-7,9,11-12H,8,10,22H2,(H,23,25). The van der Waals surface area contributed by atoms with Gasteiger partial charge in [0.25, 0.3) is 0 Å². The fourth-order valence-electron chi connectivity index (χ4n) is 3.04. The van der Waals surface area contributed by atoms with E-state index in [1.165, 1.54) is 5.56 Å². The first-order chi connectivity index (χ1) is 12.2. The quantitative estimate of drug-likeness (QED) is 0.577. The lowest BCUT2D eigenvalue weighted by Gasteiger charge is -2.11. The number of hydrogen-bond acceptors (Lipinski definition) is 3. The molecular weight excluding hydrogens is 332 g/mol. The van der Waals surface area contributed by atoms with E-state index in [0.29, 0.717) is 6.54 Å². The summed E-state index contributed by atoms with van der Waals surface area (Å²) in [5, 5.41) is 1.86. The summed E-state index contributed by atoms with van der Waals surface area (Å²) in [5.74, 6) is 0. The van der Waals surface area contributed by atoms with Gasteiger partial charge in [-0.3, -0.25) is 4.98 Å². The maximum absolute atomic E-state index is 6.03. The molecule has 3 N–H and O–H groups in total. The lowest BCUT2D eigenvalue weighted by Crippen LogP contribution is -2.02. The van der Waals surface area contributed by atoms with Crippen molar-refractivity contribution in [3.05, 3.63) is 82.9 Å². The first-order valence-electron chi connectivity index (χ1n) is 8.09. The largest absolute Gasteiger partial charge is 0.346 e. The normalized spacial score (nSPS) is 11.1. The summed E-state index contributed by atoms with van der Waals surface area (Å²) < 4.78 is 0. The van der Waals surface area contributed by atoms with Gasteiger partial charge in [-0.2, -0.15) is 0 Å². The molecule has 3 aromatic heterocycles. The van der Waals surface area contributed by atoms with Gasteiger partial charge in [0.2, 0.25) is 0 Å². The van der Waals surface area contributed by atoms with Crippen molar-refractivity contribution in [2.75, 3.05) is 0 Å². The van der Waals surface area contributed by atoms with E-state index >= 15 is 0 Å². The van der Waals surface area contributed by atoms with Gasteiger partial charge in [0.05, 0.1) is 5.69 Å². The number of nitrogens with one attached hydrogen (secondary N) is 1.